The van der Waals surface area contributed by atoms with Crippen molar-refractivity contribution in [3.8, 4) is 0 Å². The third kappa shape index (κ3) is 5.76. The van der Waals surface area contributed by atoms with Crippen LogP contribution in [0.1, 0.15) is 13.8 Å². The summed E-state index contributed by atoms with van der Waals surface area (Å²) in [5.74, 6) is -1.87. The number of esters is 1. The second kappa shape index (κ2) is 8.37. The Hall–Kier alpha value is -2.04. The fourth-order valence-corrected chi connectivity index (χ4v) is 2.52. The minimum Gasteiger partial charge on any atom is -0.467 e. The van der Waals surface area contributed by atoms with Crippen LogP contribution in [0.5, 0.6) is 0 Å². The molecule has 0 spiro atoms. The third-order valence-electron chi connectivity index (χ3n) is 3.71. The summed E-state index contributed by atoms with van der Waals surface area (Å²) in [6.45, 7) is 1.33. The smallest absolute Gasteiger partial charge is 0.407 e. The molecule has 1 saturated heterocycles. The molecule has 1 aliphatic heterocycles. The van der Waals surface area contributed by atoms with Gasteiger partial charge in [0.25, 0.3) is 0 Å². The number of carbonyl (C=O) groups excluding carboxylic acids is 3. The molecule has 0 aromatic carbocycles. The third-order valence-corrected chi connectivity index (χ3v) is 3.71. The van der Waals surface area contributed by atoms with Crippen LogP contribution in [0, 0.1) is 5.92 Å². The maximum Gasteiger partial charge on any atom is 0.407 e. The van der Waals surface area contributed by atoms with Gasteiger partial charge in [-0.1, -0.05) is 13.8 Å². The number of amides is 2. The van der Waals surface area contributed by atoms with E-state index in [0.717, 1.165) is 24.0 Å². The summed E-state index contributed by atoms with van der Waals surface area (Å²) in [7, 11) is 2.21. The van der Waals surface area contributed by atoms with Crippen LogP contribution in [0.4, 0.5) is 18.0 Å². The molecule has 144 valence electrons. The van der Waals surface area contributed by atoms with Crippen LogP contribution in [0.3, 0.4) is 0 Å². The highest BCUT2D eigenvalue weighted by molar-refractivity contribution is 5.90. The maximum absolute atomic E-state index is 12.7. The molecule has 0 aliphatic carbocycles. The second-order valence-electron chi connectivity index (χ2n) is 5.97. The zero-order valence-electron chi connectivity index (χ0n) is 14.4. The Morgan fingerprint density at radius 2 is 1.80 bits per heavy atom. The van der Waals surface area contributed by atoms with Gasteiger partial charge < -0.3 is 19.7 Å². The van der Waals surface area contributed by atoms with Gasteiger partial charge in [-0.25, -0.2) is 9.59 Å². The van der Waals surface area contributed by atoms with Crippen LogP contribution < -0.4 is 5.32 Å². The van der Waals surface area contributed by atoms with E-state index in [0.29, 0.717) is 0 Å². The molecule has 11 heteroatoms. The first-order valence-electron chi connectivity index (χ1n) is 7.52. The summed E-state index contributed by atoms with van der Waals surface area (Å²) in [4.78, 5) is 37.9. The van der Waals surface area contributed by atoms with E-state index in [1.165, 1.54) is 0 Å². The first kappa shape index (κ1) is 21.0. The van der Waals surface area contributed by atoms with Crippen LogP contribution in [0.15, 0.2) is 0 Å². The molecule has 1 unspecified atom stereocenters. The van der Waals surface area contributed by atoms with Crippen molar-refractivity contribution < 1.29 is 37.0 Å². The molecule has 1 rings (SSSR count). The summed E-state index contributed by atoms with van der Waals surface area (Å²) in [6, 6.07) is -2.23. The van der Waals surface area contributed by atoms with Crippen LogP contribution in [-0.4, -0.2) is 80.0 Å². The van der Waals surface area contributed by atoms with Crippen molar-refractivity contribution in [3.05, 3.63) is 0 Å². The number of ether oxygens (including phenoxy) is 2. The first-order valence-corrected chi connectivity index (χ1v) is 7.52. The highest BCUT2D eigenvalue weighted by Gasteiger charge is 2.45. The minimum atomic E-state index is -4.47. The van der Waals surface area contributed by atoms with Crippen molar-refractivity contribution in [3.63, 3.8) is 0 Å². The van der Waals surface area contributed by atoms with E-state index in [4.69, 9.17) is 0 Å². The van der Waals surface area contributed by atoms with Gasteiger partial charge >= 0.3 is 18.2 Å². The molecule has 2 amide bonds. The van der Waals surface area contributed by atoms with Crippen molar-refractivity contribution in [1.82, 2.24) is 15.1 Å². The molecule has 2 atom stereocenters. The highest BCUT2D eigenvalue weighted by atomic mass is 19.4. The molecule has 0 aromatic heterocycles. The van der Waals surface area contributed by atoms with Gasteiger partial charge in [-0.3, -0.25) is 9.69 Å². The van der Waals surface area contributed by atoms with Gasteiger partial charge in [-0.05, 0) is 5.92 Å². The van der Waals surface area contributed by atoms with Crippen molar-refractivity contribution in [2.75, 3.05) is 34.0 Å². The molecule has 25 heavy (non-hydrogen) atoms. The van der Waals surface area contributed by atoms with Crippen LogP contribution >= 0.6 is 0 Å². The van der Waals surface area contributed by atoms with Crippen molar-refractivity contribution in [1.29, 1.82) is 0 Å². The van der Waals surface area contributed by atoms with Crippen LogP contribution in [0.25, 0.3) is 0 Å². The lowest BCUT2D eigenvalue weighted by molar-refractivity contribution is -0.151. The summed E-state index contributed by atoms with van der Waals surface area (Å²) >= 11 is 0. The summed E-state index contributed by atoms with van der Waals surface area (Å²) < 4.78 is 46.9. The fraction of sp³-hybridized carbons (Fsp3) is 0.786. The van der Waals surface area contributed by atoms with Gasteiger partial charge in [0.2, 0.25) is 5.91 Å². The van der Waals surface area contributed by atoms with E-state index in [1.54, 1.807) is 13.8 Å². The SMILES string of the molecule is COC(=O)N[C@H](C(=O)N1CN(CC(F)(F)F)CC1C(=O)OC)C(C)C. The normalized spacial score (nSPS) is 19.7. The molecule has 1 heterocycles. The van der Waals surface area contributed by atoms with E-state index in [9.17, 15) is 27.6 Å². The lowest BCUT2D eigenvalue weighted by Gasteiger charge is -2.29. The van der Waals surface area contributed by atoms with E-state index < -0.39 is 49.4 Å². The standard InChI is InChI=1S/C14H22F3N3O5/c1-8(2)10(18-13(23)25-4)11(21)20-7-19(6-14(15,16)17)5-9(20)12(22)24-3/h8-10H,5-7H2,1-4H3,(H,18,23)/t9?,10-/m0/s1. The summed E-state index contributed by atoms with van der Waals surface area (Å²) in [5, 5.41) is 2.34. The zero-order chi connectivity index (χ0) is 19.4. The monoisotopic (exact) mass is 369 g/mol. The average Bonchev–Trinajstić information content (AvgIpc) is 2.92. The Morgan fingerprint density at radius 1 is 1.20 bits per heavy atom. The maximum atomic E-state index is 12.7. The van der Waals surface area contributed by atoms with Gasteiger partial charge in [0, 0.05) is 6.54 Å². The molecule has 0 saturated carbocycles. The van der Waals surface area contributed by atoms with E-state index in [1.807, 2.05) is 0 Å². The van der Waals surface area contributed by atoms with Gasteiger partial charge in [0.05, 0.1) is 27.4 Å². The number of alkyl halides is 3. The molecule has 1 aliphatic rings. The molecule has 0 bridgehead atoms. The highest BCUT2D eigenvalue weighted by Crippen LogP contribution is 2.23. The van der Waals surface area contributed by atoms with Crippen LogP contribution in [0.2, 0.25) is 0 Å². The fourth-order valence-electron chi connectivity index (χ4n) is 2.52. The number of halogens is 3. The number of methoxy groups -OCH3 is 2. The van der Waals surface area contributed by atoms with Gasteiger partial charge in [-0.15, -0.1) is 0 Å². The van der Waals surface area contributed by atoms with Crippen molar-refractivity contribution in [2.45, 2.75) is 32.1 Å². The average molecular weight is 369 g/mol. The number of carbonyl (C=O) groups is 3. The lowest BCUT2D eigenvalue weighted by Crippen LogP contribution is -2.54. The summed E-state index contributed by atoms with van der Waals surface area (Å²) in [5.41, 5.74) is 0. The van der Waals surface area contributed by atoms with Gasteiger partial charge in [-0.2, -0.15) is 13.2 Å². The van der Waals surface area contributed by atoms with Crippen LogP contribution in [-0.2, 0) is 19.1 Å². The molecule has 1 fully saturated rings. The zero-order valence-corrected chi connectivity index (χ0v) is 14.4. The Morgan fingerprint density at radius 3 is 2.24 bits per heavy atom. The Bertz CT molecular complexity index is 512. The number of hydrogen-bond acceptors (Lipinski definition) is 6. The predicted molar refractivity (Wildman–Crippen MR) is 79.3 cm³/mol. The number of alkyl carbamates (subject to hydrolysis) is 1. The van der Waals surface area contributed by atoms with E-state index in [2.05, 4.69) is 14.8 Å². The van der Waals surface area contributed by atoms with E-state index in [-0.39, 0.29) is 12.5 Å². The van der Waals surface area contributed by atoms with E-state index >= 15 is 0 Å². The first-order chi connectivity index (χ1) is 11.5. The molecule has 0 radical (unpaired) electrons. The van der Waals surface area contributed by atoms with Gasteiger partial charge in [0.15, 0.2) is 0 Å². The molecule has 8 nitrogen and oxygen atoms in total. The molecular formula is C14H22F3N3O5. The Kier molecular flexibility index (Phi) is 7.03. The Labute approximate surface area is 143 Å². The predicted octanol–water partition coefficient (Wildman–Crippen LogP) is 0.573. The molecule has 0 aromatic rings. The number of nitrogens with one attached hydrogen (secondary N) is 1. The lowest BCUT2D eigenvalue weighted by atomic mass is 10.0. The van der Waals surface area contributed by atoms with Gasteiger partial charge in [0.1, 0.15) is 12.1 Å². The minimum absolute atomic E-state index is 0.305. The number of nitrogens with zero attached hydrogens (tertiary/aromatic N) is 2. The number of hydrogen-bond donors (Lipinski definition) is 1. The second-order valence-corrected chi connectivity index (χ2v) is 5.97. The molecule has 1 N–H and O–H groups in total. The Balaban J connectivity index is 3.00. The topological polar surface area (TPSA) is 88.2 Å². The number of rotatable bonds is 5. The summed E-state index contributed by atoms with van der Waals surface area (Å²) in [6.07, 6.45) is -5.32. The quantitative estimate of drug-likeness (QED) is 0.713. The van der Waals surface area contributed by atoms with Crippen molar-refractivity contribution >= 4 is 18.0 Å². The van der Waals surface area contributed by atoms with Crippen molar-refractivity contribution in [2.24, 2.45) is 5.92 Å². The largest absolute Gasteiger partial charge is 0.467 e. The molecular weight excluding hydrogens is 347 g/mol.